The third-order valence-electron chi connectivity index (χ3n) is 1.67. The summed E-state index contributed by atoms with van der Waals surface area (Å²) >= 11 is 0. The number of hydrogen-bond acceptors (Lipinski definition) is 5. The minimum absolute atomic E-state index is 0.0196. The second-order valence-corrected chi connectivity index (χ2v) is 2.89. The van der Waals surface area contributed by atoms with E-state index >= 15 is 0 Å². The van der Waals surface area contributed by atoms with E-state index in [4.69, 9.17) is 10.3 Å². The first kappa shape index (κ1) is 9.15. The minimum atomic E-state index is 0.0196. The van der Waals surface area contributed by atoms with Crippen molar-refractivity contribution in [3.05, 3.63) is 11.7 Å². The highest BCUT2D eigenvalue weighted by atomic mass is 16.5. The second kappa shape index (κ2) is 3.64. The van der Waals surface area contributed by atoms with Crippen LogP contribution in [0.4, 0.5) is 0 Å². The summed E-state index contributed by atoms with van der Waals surface area (Å²) in [6.07, 6.45) is 0. The van der Waals surface area contributed by atoms with Gasteiger partial charge in [-0.15, -0.1) is 0 Å². The summed E-state index contributed by atoms with van der Waals surface area (Å²) in [6.45, 7) is 2.27. The van der Waals surface area contributed by atoms with E-state index in [1.165, 1.54) is 0 Å². The van der Waals surface area contributed by atoms with Gasteiger partial charge in [-0.05, 0) is 21.0 Å². The highest BCUT2D eigenvalue weighted by Gasteiger charge is 2.18. The summed E-state index contributed by atoms with van der Waals surface area (Å²) in [5.74, 6) is 1.23. The van der Waals surface area contributed by atoms with Gasteiger partial charge in [0.25, 0.3) is 0 Å². The van der Waals surface area contributed by atoms with Gasteiger partial charge in [-0.25, -0.2) is 0 Å². The molecule has 0 aromatic carbocycles. The van der Waals surface area contributed by atoms with Crippen molar-refractivity contribution < 1.29 is 4.52 Å². The molecule has 1 aromatic rings. The summed E-state index contributed by atoms with van der Waals surface area (Å²) in [5, 5.41) is 3.70. The van der Waals surface area contributed by atoms with E-state index in [-0.39, 0.29) is 6.04 Å². The Bertz CT molecular complexity index is 245. The van der Waals surface area contributed by atoms with Crippen molar-refractivity contribution in [3.63, 3.8) is 0 Å². The Labute approximate surface area is 71.5 Å². The standard InChI is InChI=1S/C7H14N4O/c1-5-9-7(12-10-5)6(4-8)11(2)3/h6H,4,8H2,1-3H3. The first-order chi connectivity index (χ1) is 5.65. The zero-order valence-corrected chi connectivity index (χ0v) is 7.61. The molecule has 5 nitrogen and oxygen atoms in total. The quantitative estimate of drug-likeness (QED) is 0.688. The van der Waals surface area contributed by atoms with E-state index in [1.807, 2.05) is 19.0 Å². The van der Waals surface area contributed by atoms with Gasteiger partial charge in [-0.3, -0.25) is 4.90 Å². The molecule has 0 saturated heterocycles. The van der Waals surface area contributed by atoms with Crippen molar-refractivity contribution in [2.75, 3.05) is 20.6 Å². The zero-order valence-electron chi connectivity index (χ0n) is 7.61. The van der Waals surface area contributed by atoms with E-state index in [1.54, 1.807) is 6.92 Å². The summed E-state index contributed by atoms with van der Waals surface area (Å²) in [5.41, 5.74) is 5.55. The number of nitrogens with two attached hydrogens (primary N) is 1. The lowest BCUT2D eigenvalue weighted by atomic mass is 10.3. The smallest absolute Gasteiger partial charge is 0.245 e. The number of aromatic nitrogens is 2. The molecule has 68 valence electrons. The average Bonchev–Trinajstić information content (AvgIpc) is 2.37. The molecule has 0 amide bonds. The van der Waals surface area contributed by atoms with Gasteiger partial charge in [0.05, 0.1) is 0 Å². The summed E-state index contributed by atoms with van der Waals surface area (Å²) in [6, 6.07) is 0.0196. The highest BCUT2D eigenvalue weighted by molar-refractivity contribution is 4.91. The molecule has 0 aliphatic carbocycles. The van der Waals surface area contributed by atoms with E-state index < -0.39 is 0 Å². The van der Waals surface area contributed by atoms with Gasteiger partial charge < -0.3 is 10.3 Å². The molecule has 1 heterocycles. The number of nitrogens with zero attached hydrogens (tertiary/aromatic N) is 3. The van der Waals surface area contributed by atoms with E-state index in [0.29, 0.717) is 18.3 Å². The largest absolute Gasteiger partial charge is 0.338 e. The van der Waals surface area contributed by atoms with Crippen LogP contribution in [0.3, 0.4) is 0 Å². The number of aryl methyl sites for hydroxylation is 1. The molecular weight excluding hydrogens is 156 g/mol. The highest BCUT2D eigenvalue weighted by Crippen LogP contribution is 2.13. The van der Waals surface area contributed by atoms with Gasteiger partial charge in [0.1, 0.15) is 6.04 Å². The normalized spacial score (nSPS) is 13.8. The maximum atomic E-state index is 5.55. The monoisotopic (exact) mass is 170 g/mol. The Morgan fingerprint density at radius 3 is 2.58 bits per heavy atom. The molecule has 12 heavy (non-hydrogen) atoms. The lowest BCUT2D eigenvalue weighted by molar-refractivity contribution is 0.234. The predicted octanol–water partition coefficient (Wildman–Crippen LogP) is -0.0606. The molecule has 2 N–H and O–H groups in total. The fourth-order valence-electron chi connectivity index (χ4n) is 0.981. The van der Waals surface area contributed by atoms with Crippen LogP contribution in [0.5, 0.6) is 0 Å². The predicted molar refractivity (Wildman–Crippen MR) is 44.5 cm³/mol. The van der Waals surface area contributed by atoms with Crippen molar-refractivity contribution in [2.24, 2.45) is 5.73 Å². The molecular formula is C7H14N4O. The molecule has 0 radical (unpaired) electrons. The van der Waals surface area contributed by atoms with Crippen molar-refractivity contribution >= 4 is 0 Å². The van der Waals surface area contributed by atoms with Gasteiger partial charge in [-0.2, -0.15) is 4.98 Å². The Kier molecular flexibility index (Phi) is 2.78. The third-order valence-corrected chi connectivity index (χ3v) is 1.67. The molecule has 1 atom stereocenters. The van der Waals surface area contributed by atoms with Crippen molar-refractivity contribution in [1.82, 2.24) is 15.0 Å². The third kappa shape index (κ3) is 1.80. The molecule has 0 aliphatic heterocycles. The van der Waals surface area contributed by atoms with Gasteiger partial charge in [-0.1, -0.05) is 5.16 Å². The first-order valence-corrected chi connectivity index (χ1v) is 3.82. The SMILES string of the molecule is Cc1noc(C(CN)N(C)C)n1. The van der Waals surface area contributed by atoms with Crippen LogP contribution in [0.15, 0.2) is 4.52 Å². The molecule has 0 spiro atoms. The number of likely N-dealkylation sites (N-methyl/N-ethyl adjacent to an activating group) is 1. The van der Waals surface area contributed by atoms with Crippen LogP contribution in [0, 0.1) is 6.92 Å². The number of rotatable bonds is 3. The van der Waals surface area contributed by atoms with Gasteiger partial charge in [0.15, 0.2) is 5.82 Å². The van der Waals surface area contributed by atoms with Crippen LogP contribution >= 0.6 is 0 Å². The van der Waals surface area contributed by atoms with Crippen LogP contribution in [0.25, 0.3) is 0 Å². The summed E-state index contributed by atoms with van der Waals surface area (Å²) in [7, 11) is 3.86. The Hall–Kier alpha value is -0.940. The van der Waals surface area contributed by atoms with Crippen LogP contribution in [-0.2, 0) is 0 Å². The van der Waals surface area contributed by atoms with Crippen LogP contribution in [0.2, 0.25) is 0 Å². The van der Waals surface area contributed by atoms with Crippen molar-refractivity contribution in [2.45, 2.75) is 13.0 Å². The summed E-state index contributed by atoms with van der Waals surface area (Å²) in [4.78, 5) is 6.06. The first-order valence-electron chi connectivity index (χ1n) is 3.82. The van der Waals surface area contributed by atoms with Gasteiger partial charge in [0, 0.05) is 6.54 Å². The maximum Gasteiger partial charge on any atom is 0.245 e. The molecule has 1 aromatic heterocycles. The van der Waals surface area contributed by atoms with E-state index in [2.05, 4.69) is 10.1 Å². The van der Waals surface area contributed by atoms with Crippen LogP contribution < -0.4 is 5.73 Å². The van der Waals surface area contributed by atoms with E-state index in [9.17, 15) is 0 Å². The molecule has 0 aliphatic rings. The fraction of sp³-hybridized carbons (Fsp3) is 0.714. The van der Waals surface area contributed by atoms with Crippen molar-refractivity contribution in [1.29, 1.82) is 0 Å². The van der Waals surface area contributed by atoms with Crippen LogP contribution in [-0.4, -0.2) is 35.7 Å². The van der Waals surface area contributed by atoms with Crippen LogP contribution in [0.1, 0.15) is 17.8 Å². The van der Waals surface area contributed by atoms with Crippen molar-refractivity contribution in [3.8, 4) is 0 Å². The molecule has 0 bridgehead atoms. The average molecular weight is 170 g/mol. The number of hydrogen-bond donors (Lipinski definition) is 1. The Morgan fingerprint density at radius 2 is 2.25 bits per heavy atom. The minimum Gasteiger partial charge on any atom is -0.338 e. The lowest BCUT2D eigenvalue weighted by Crippen LogP contribution is -2.27. The molecule has 1 unspecified atom stereocenters. The molecule has 0 saturated carbocycles. The maximum absolute atomic E-state index is 5.55. The van der Waals surface area contributed by atoms with Gasteiger partial charge >= 0.3 is 0 Å². The lowest BCUT2D eigenvalue weighted by Gasteiger charge is -2.17. The summed E-state index contributed by atoms with van der Waals surface area (Å²) < 4.78 is 5.00. The molecule has 0 fully saturated rings. The van der Waals surface area contributed by atoms with E-state index in [0.717, 1.165) is 0 Å². The molecule has 5 heteroatoms. The molecule has 1 rings (SSSR count). The second-order valence-electron chi connectivity index (χ2n) is 2.89. The van der Waals surface area contributed by atoms with Gasteiger partial charge in [0.2, 0.25) is 5.89 Å². The zero-order chi connectivity index (χ0) is 9.14. The Morgan fingerprint density at radius 1 is 1.58 bits per heavy atom. The fourth-order valence-corrected chi connectivity index (χ4v) is 0.981. The topological polar surface area (TPSA) is 68.2 Å². The Balaban J connectivity index is 2.80.